The van der Waals surface area contributed by atoms with Crippen molar-refractivity contribution in [2.45, 2.75) is 223 Å². The number of nitrogens with zero attached hydrogens (tertiary/aromatic N) is 5. The van der Waals surface area contributed by atoms with Crippen LogP contribution < -0.4 is 82.0 Å². The second-order valence-electron chi connectivity index (χ2n) is 31.2. The number of phenols is 1. The number of likely N-dealkylation sites (tertiary alicyclic amines) is 1. The number of nitrogens with one attached hydrogen (secondary N) is 7. The maximum absolute atomic E-state index is 14.5. The topological polar surface area (TPSA) is 549 Å². The molecule has 7 atom stereocenters. The highest BCUT2D eigenvalue weighted by Crippen LogP contribution is 2.48. The van der Waals surface area contributed by atoms with Crippen molar-refractivity contribution in [3.8, 4) is 5.75 Å². The Balaban J connectivity index is 0.00000250. The van der Waals surface area contributed by atoms with E-state index < -0.39 is 132 Å². The van der Waals surface area contributed by atoms with Crippen molar-refractivity contribution >= 4 is 100 Å². The average Bonchev–Trinajstić information content (AvgIpc) is 1.68. The number of anilines is 1. The van der Waals surface area contributed by atoms with Gasteiger partial charge in [0.1, 0.15) is 43.0 Å². The number of hydrogen-bond donors (Lipinski definition) is 17. The first-order valence-corrected chi connectivity index (χ1v) is 40.6. The molecule has 3 heterocycles. The van der Waals surface area contributed by atoms with Crippen LogP contribution in [0.3, 0.4) is 0 Å². The van der Waals surface area contributed by atoms with Gasteiger partial charge in [-0.15, -0.1) is 0 Å². The van der Waals surface area contributed by atoms with Crippen LogP contribution in [0.2, 0.25) is 0 Å². The number of urea groups is 1. The summed E-state index contributed by atoms with van der Waals surface area (Å²) in [5.74, 6) is -16.4. The molecule has 1 saturated heterocycles. The number of carbonyl (C=O) groups excluding carboxylic acids is 7. The number of para-hydroxylation sites is 2. The van der Waals surface area contributed by atoms with E-state index in [0.29, 0.717) is 50.8 Å². The van der Waals surface area contributed by atoms with Gasteiger partial charge >= 0.3 is 60.6 Å². The summed E-state index contributed by atoms with van der Waals surface area (Å²) >= 11 is 0. The Morgan fingerprint density at radius 2 is 1.12 bits per heavy atom. The van der Waals surface area contributed by atoms with E-state index in [1.165, 1.54) is 50.9 Å². The number of alkyl halides is 12. The number of amides is 8. The molecule has 3 aliphatic rings. The summed E-state index contributed by atoms with van der Waals surface area (Å²) in [4.78, 5) is 156. The summed E-state index contributed by atoms with van der Waals surface area (Å²) < 4.78 is 129. The summed E-state index contributed by atoms with van der Waals surface area (Å²) in [7, 11) is 2.13. The van der Waals surface area contributed by atoms with Gasteiger partial charge in [0.2, 0.25) is 41.1 Å². The molecule has 0 radical (unpaired) electrons. The Labute approximate surface area is 752 Å². The second kappa shape index (κ2) is 54.4. The molecule has 47 heteroatoms. The molecule has 0 bridgehead atoms. The van der Waals surface area contributed by atoms with Crippen LogP contribution in [-0.2, 0) is 70.0 Å². The van der Waals surface area contributed by atoms with Crippen molar-refractivity contribution in [3.63, 3.8) is 0 Å². The molecule has 3 aromatic rings. The fourth-order valence-electron chi connectivity index (χ4n) is 13.2. The van der Waals surface area contributed by atoms with Crippen molar-refractivity contribution in [1.82, 2.24) is 42.1 Å². The van der Waals surface area contributed by atoms with Crippen LogP contribution >= 0.6 is 0 Å². The van der Waals surface area contributed by atoms with Gasteiger partial charge in [-0.05, 0) is 132 Å². The molecule has 34 nitrogen and oxygen atoms in total. The van der Waals surface area contributed by atoms with E-state index in [1.54, 1.807) is 19.1 Å². The van der Waals surface area contributed by atoms with Crippen molar-refractivity contribution in [1.29, 1.82) is 0 Å². The van der Waals surface area contributed by atoms with Gasteiger partial charge in [0.15, 0.2) is 17.6 Å². The minimum Gasteiger partial charge on any atom is -1.00 e. The predicted molar refractivity (Wildman–Crippen MR) is 450 cm³/mol. The number of hydrogen-bond acceptors (Lipinski definition) is 17. The minimum atomic E-state index is -5.08. The van der Waals surface area contributed by atoms with Crippen molar-refractivity contribution in [2.24, 2.45) is 44.8 Å². The maximum Gasteiger partial charge on any atom is 0.490 e. The number of halogens is 13. The number of phenolic OH excluding ortho intramolecular Hbond substituents is 1. The lowest BCUT2D eigenvalue weighted by Crippen LogP contribution is -3.00. The maximum atomic E-state index is 14.5. The number of unbranched alkanes of at least 4 members (excludes halogenated alkanes) is 3. The normalized spacial score (nSPS) is 16.1. The molecule has 6 rings (SSSR count). The van der Waals surface area contributed by atoms with Gasteiger partial charge in [-0.1, -0.05) is 121 Å². The molecule has 0 aliphatic carbocycles. The largest absolute Gasteiger partial charge is 1.00 e. The number of aliphatic imine (C=N–C) groups is 2. The number of carbonyl (C=O) groups is 12. The molecule has 0 unspecified atom stereocenters. The molecule has 3 aliphatic heterocycles. The van der Waals surface area contributed by atoms with E-state index in [2.05, 4.69) is 170 Å². The Bertz CT molecular complexity index is 4390. The molecule has 21 N–H and O–H groups in total. The molecule has 130 heavy (non-hydrogen) atoms. The molecule has 8 amide bonds. The first kappa shape index (κ1) is 116. The van der Waals surface area contributed by atoms with Crippen LogP contribution in [0.25, 0.3) is 0 Å². The van der Waals surface area contributed by atoms with Gasteiger partial charge in [0.05, 0.1) is 11.5 Å². The number of aromatic hydroxyl groups is 1. The number of fused-ring (bicyclic) bond motifs is 2. The fourth-order valence-corrected chi connectivity index (χ4v) is 13.2. The van der Waals surface area contributed by atoms with Gasteiger partial charge in [-0.3, -0.25) is 44.1 Å². The van der Waals surface area contributed by atoms with Gasteiger partial charge in [-0.2, -0.15) is 57.3 Å². The summed E-state index contributed by atoms with van der Waals surface area (Å²) in [6.07, 6.45) is -3.41. The van der Waals surface area contributed by atoms with Crippen LogP contribution in [0, 0.1) is 11.8 Å². The number of carboxylic acid groups (broad SMARTS) is 5. The lowest BCUT2D eigenvalue weighted by molar-refractivity contribution is -0.401. The van der Waals surface area contributed by atoms with E-state index in [-0.39, 0.29) is 122 Å². The molecule has 0 aromatic heterocycles. The second-order valence-corrected chi connectivity index (χ2v) is 31.2. The average molecular weight is 1930 g/mol. The van der Waals surface area contributed by atoms with Gasteiger partial charge in [0, 0.05) is 86.6 Å². The van der Waals surface area contributed by atoms with Crippen LogP contribution in [0.5, 0.6) is 5.75 Å². The standard InChI is InChI=1S/C75H110N16O10.4C2HF3O2.BrH/c1-10-49(4)64(68(97)86-57(70(99)100)46-48(2)3)87-66(95)56(47-50-36-38-51(92)39-37-50)85-67(96)60-32-25-45-91(60)69(98)55(29-24-42-81-71(77)78)84-65(94)54(76)28-23-43-82-72(79)88-73(101)83-41-21-20-40-80-63(93)35-15-12-22-44-90-59-31-19-17-27-53(59)75(7,8)62(90)34-14-11-13-33-61-74(5,6)52-26-16-18-30-58(52)89(61)9;4*3-2(4,5)1(6)7;/h11,13-14,16-19,26-27,30-31,33-34,36-39,48-49,54-57,60,64H,10,12,15,20-25,28-29,32,35,40-47,76H2,1-9H3,(H14-,77,78,79,80,81,82,83,84,85,86,87,88,92,93,94,95,96,97,99,100,101);4*(H,6,7);1H/t49-,54-,55+,56-,57+,60+,64-;;;;;/m0...../s1. The predicted octanol–water partition coefficient (Wildman–Crippen LogP) is 5.31. The molecular formula is C83H115BrF12N16O18. The summed E-state index contributed by atoms with van der Waals surface area (Å²) in [6, 6.07) is 15.6. The van der Waals surface area contributed by atoms with Crippen molar-refractivity contribution < 1.29 is 162 Å². The van der Waals surface area contributed by atoms with E-state index in [9.17, 15) is 101 Å². The smallest absolute Gasteiger partial charge is 0.490 e. The van der Waals surface area contributed by atoms with Crippen molar-refractivity contribution in [3.05, 3.63) is 126 Å². The zero-order valence-electron chi connectivity index (χ0n) is 72.8. The van der Waals surface area contributed by atoms with Gasteiger partial charge in [0.25, 0.3) is 0 Å². The molecular weight excluding hydrogens is 1820 g/mol. The zero-order valence-corrected chi connectivity index (χ0v) is 74.4. The molecule has 0 saturated carbocycles. The molecule has 0 spiro atoms. The number of benzene rings is 3. The Hall–Kier alpha value is -12.1. The van der Waals surface area contributed by atoms with Crippen LogP contribution in [0.15, 0.2) is 119 Å². The Kier molecular flexibility index (Phi) is 48.5. The number of carboxylic acids is 5. The van der Waals surface area contributed by atoms with E-state index in [1.807, 2.05) is 20.8 Å². The van der Waals surface area contributed by atoms with Crippen LogP contribution in [0.4, 0.5) is 68.9 Å². The van der Waals surface area contributed by atoms with Crippen LogP contribution in [0.1, 0.15) is 162 Å². The van der Waals surface area contributed by atoms with E-state index in [0.717, 1.165) is 25.8 Å². The third kappa shape index (κ3) is 40.3. The number of rotatable bonds is 38. The van der Waals surface area contributed by atoms with Gasteiger partial charge < -0.3 is 112 Å². The highest BCUT2D eigenvalue weighted by Gasteiger charge is 2.46. The third-order valence-corrected chi connectivity index (χ3v) is 20.0. The SMILES string of the molecule is CC[C@H](C)[C@H](NC(=O)[C@H](Cc1ccc(O)cc1)NC(=O)[C@H]1CCCN1C(=O)[C@@H](CCCN=C(N)N)NC(=O)[C@@H](N)CCCN=C(N)NC(=O)NCCCCNC(=O)CCCCCN1\C(=C/C=C/C=C/C2=[N+](C)c3ccccc3C2(C)C)C(C)(C)c2ccccc21)C(=O)N[C@H](CC(C)C)C(=O)O.O=C(O)C(F)(F)F.O=C(O)C(F)(F)F.O=C(O)C(F)(F)F.O=C(O)C(F)(F)F.[Br-]. The summed E-state index contributed by atoms with van der Waals surface area (Å²) in [5.41, 5.74) is 31.3. The number of aliphatic carboxylic acids is 5. The minimum absolute atomic E-state index is 0. The highest BCUT2D eigenvalue weighted by molar-refractivity contribution is 6.03. The summed E-state index contributed by atoms with van der Waals surface area (Å²) in [5, 5.41) is 67.5. The third-order valence-electron chi connectivity index (χ3n) is 20.0. The molecule has 1 fully saturated rings. The lowest BCUT2D eigenvalue weighted by atomic mass is 9.81. The Morgan fingerprint density at radius 3 is 1.65 bits per heavy atom. The fraction of sp³-hybridized carbons (Fsp3) is 0.530. The van der Waals surface area contributed by atoms with Crippen LogP contribution in [-0.4, -0.2) is 236 Å². The quantitative estimate of drug-likeness (QED) is 0.00862. The first-order chi connectivity index (χ1) is 59.8. The highest BCUT2D eigenvalue weighted by atomic mass is 79.9. The first-order valence-electron chi connectivity index (χ1n) is 40.6. The molecule has 726 valence electrons. The number of allylic oxidation sites excluding steroid dienone is 6. The number of guanidine groups is 2. The zero-order chi connectivity index (χ0) is 98.3. The Morgan fingerprint density at radius 1 is 0.600 bits per heavy atom. The molecule has 3 aromatic carbocycles. The van der Waals surface area contributed by atoms with Crippen molar-refractivity contribution in [2.75, 3.05) is 51.2 Å². The summed E-state index contributed by atoms with van der Waals surface area (Å²) in [6.45, 7) is 18.3. The monoisotopic (exact) mass is 1930 g/mol. The van der Waals surface area contributed by atoms with E-state index >= 15 is 0 Å². The van der Waals surface area contributed by atoms with Gasteiger partial charge in [-0.25, -0.2) is 28.8 Å². The lowest BCUT2D eigenvalue weighted by Gasteiger charge is -2.31. The number of nitrogens with two attached hydrogens (primary N) is 4. The van der Waals surface area contributed by atoms with E-state index in [4.69, 9.17) is 62.5 Å².